The molecule has 112 valence electrons. The lowest BCUT2D eigenvalue weighted by atomic mass is 10.1. The summed E-state index contributed by atoms with van der Waals surface area (Å²) in [6.45, 7) is 6.84. The second-order valence-electron chi connectivity index (χ2n) is 5.53. The average molecular weight is 277 g/mol. The lowest BCUT2D eigenvalue weighted by Gasteiger charge is -2.25. The molecule has 0 aliphatic heterocycles. The molecule has 4 nitrogen and oxygen atoms in total. The van der Waals surface area contributed by atoms with Gasteiger partial charge in [-0.25, -0.2) is 0 Å². The Morgan fingerprint density at radius 2 is 1.90 bits per heavy atom. The highest BCUT2D eigenvalue weighted by Gasteiger charge is 2.19. The Morgan fingerprint density at radius 1 is 1.30 bits per heavy atom. The van der Waals surface area contributed by atoms with Gasteiger partial charge >= 0.3 is 0 Å². The van der Waals surface area contributed by atoms with Crippen molar-refractivity contribution in [3.8, 4) is 0 Å². The molecule has 1 aromatic carbocycles. The predicted octanol–water partition coefficient (Wildman–Crippen LogP) is 2.39. The molecule has 0 saturated carbocycles. The van der Waals surface area contributed by atoms with Crippen molar-refractivity contribution in [2.75, 3.05) is 12.8 Å². The first-order valence-corrected chi connectivity index (χ1v) is 7.29. The third-order valence-corrected chi connectivity index (χ3v) is 3.56. The van der Waals surface area contributed by atoms with Crippen LogP contribution >= 0.6 is 0 Å². The third kappa shape index (κ3) is 5.21. The summed E-state index contributed by atoms with van der Waals surface area (Å²) in [5.74, 6) is 0.0869. The normalized spacial score (nSPS) is 14.1. The Hall–Kier alpha value is -1.55. The highest BCUT2D eigenvalue weighted by atomic mass is 16.2. The van der Waals surface area contributed by atoms with E-state index in [4.69, 9.17) is 5.73 Å². The maximum Gasteiger partial charge on any atom is 0.237 e. The van der Waals surface area contributed by atoms with E-state index < -0.39 is 0 Å². The van der Waals surface area contributed by atoms with Crippen LogP contribution in [0.15, 0.2) is 24.3 Å². The average Bonchev–Trinajstić information content (AvgIpc) is 2.40. The molecule has 1 aromatic rings. The van der Waals surface area contributed by atoms with Crippen LogP contribution in [0.3, 0.4) is 0 Å². The van der Waals surface area contributed by atoms with Gasteiger partial charge in [-0.3, -0.25) is 9.69 Å². The molecule has 1 rings (SSSR count). The van der Waals surface area contributed by atoms with Crippen molar-refractivity contribution in [2.45, 2.75) is 52.2 Å². The first-order valence-electron chi connectivity index (χ1n) is 7.29. The van der Waals surface area contributed by atoms with Crippen LogP contribution in [-0.4, -0.2) is 29.9 Å². The fraction of sp³-hybridized carbons (Fsp3) is 0.562. The minimum Gasteiger partial charge on any atom is -0.399 e. The minimum atomic E-state index is -0.146. The summed E-state index contributed by atoms with van der Waals surface area (Å²) in [6.07, 6.45) is 2.09. The molecule has 0 radical (unpaired) electrons. The van der Waals surface area contributed by atoms with Crippen LogP contribution in [0, 0.1) is 0 Å². The largest absolute Gasteiger partial charge is 0.399 e. The minimum absolute atomic E-state index is 0.0869. The molecule has 0 fully saturated rings. The Balaban J connectivity index is 2.51. The van der Waals surface area contributed by atoms with E-state index in [0.29, 0.717) is 0 Å². The molecule has 20 heavy (non-hydrogen) atoms. The van der Waals surface area contributed by atoms with Crippen molar-refractivity contribution < 1.29 is 4.79 Å². The molecule has 3 N–H and O–H groups in total. The Labute approximate surface area is 122 Å². The van der Waals surface area contributed by atoms with Crippen molar-refractivity contribution >= 4 is 11.6 Å². The number of nitrogen functional groups attached to an aromatic ring is 1. The number of anilines is 1. The molecule has 1 amide bonds. The number of rotatable bonds is 7. The van der Waals surface area contributed by atoms with E-state index in [2.05, 4.69) is 12.2 Å². The maximum absolute atomic E-state index is 12.1. The third-order valence-electron chi connectivity index (χ3n) is 3.56. The van der Waals surface area contributed by atoms with E-state index >= 15 is 0 Å². The molecule has 0 aromatic heterocycles. The van der Waals surface area contributed by atoms with Crippen LogP contribution < -0.4 is 11.1 Å². The first kappa shape index (κ1) is 16.5. The van der Waals surface area contributed by atoms with Crippen LogP contribution in [-0.2, 0) is 11.3 Å². The fourth-order valence-electron chi connectivity index (χ4n) is 2.12. The van der Waals surface area contributed by atoms with Gasteiger partial charge in [0.05, 0.1) is 6.04 Å². The maximum atomic E-state index is 12.1. The molecule has 0 heterocycles. The molecular weight excluding hydrogens is 250 g/mol. The summed E-state index contributed by atoms with van der Waals surface area (Å²) < 4.78 is 0. The van der Waals surface area contributed by atoms with Crippen LogP contribution in [0.2, 0.25) is 0 Å². The van der Waals surface area contributed by atoms with Gasteiger partial charge in [0.1, 0.15) is 0 Å². The van der Waals surface area contributed by atoms with Gasteiger partial charge in [0.15, 0.2) is 0 Å². The standard InChI is InChI=1S/C16H27N3O/c1-5-6-12(2)18-16(20)13(3)19(4)11-14-7-9-15(17)10-8-14/h7-10,12-13H,5-6,11,17H2,1-4H3,(H,18,20). The van der Waals surface area contributed by atoms with Crippen LogP contribution in [0.4, 0.5) is 5.69 Å². The van der Waals surface area contributed by atoms with E-state index in [1.807, 2.05) is 50.1 Å². The summed E-state index contributed by atoms with van der Waals surface area (Å²) in [5, 5.41) is 3.06. The van der Waals surface area contributed by atoms with E-state index in [0.717, 1.165) is 30.6 Å². The van der Waals surface area contributed by atoms with E-state index in [1.165, 1.54) is 0 Å². The number of amides is 1. The topological polar surface area (TPSA) is 58.4 Å². The molecule has 2 atom stereocenters. The molecule has 0 saturated heterocycles. The van der Waals surface area contributed by atoms with E-state index in [9.17, 15) is 4.79 Å². The lowest BCUT2D eigenvalue weighted by Crippen LogP contribution is -2.45. The smallest absolute Gasteiger partial charge is 0.237 e. The van der Waals surface area contributed by atoms with Gasteiger partial charge in [0.25, 0.3) is 0 Å². The molecule has 0 aliphatic carbocycles. The predicted molar refractivity (Wildman–Crippen MR) is 84.3 cm³/mol. The summed E-state index contributed by atoms with van der Waals surface area (Å²) in [5.41, 5.74) is 7.59. The van der Waals surface area contributed by atoms with Crippen molar-refractivity contribution in [1.29, 1.82) is 0 Å². The van der Waals surface area contributed by atoms with Crippen molar-refractivity contribution in [1.82, 2.24) is 10.2 Å². The van der Waals surface area contributed by atoms with E-state index in [1.54, 1.807) is 0 Å². The number of hydrogen-bond acceptors (Lipinski definition) is 3. The second kappa shape index (κ2) is 7.90. The monoisotopic (exact) mass is 277 g/mol. The molecule has 2 unspecified atom stereocenters. The van der Waals surface area contributed by atoms with Crippen molar-refractivity contribution in [3.63, 3.8) is 0 Å². The molecule has 4 heteroatoms. The number of nitrogens with one attached hydrogen (secondary N) is 1. The fourth-order valence-corrected chi connectivity index (χ4v) is 2.12. The Bertz CT molecular complexity index is 416. The molecular formula is C16H27N3O. The zero-order valence-electron chi connectivity index (χ0n) is 13.0. The highest BCUT2D eigenvalue weighted by Crippen LogP contribution is 2.10. The van der Waals surface area contributed by atoms with Crippen LogP contribution in [0.5, 0.6) is 0 Å². The number of benzene rings is 1. The lowest BCUT2D eigenvalue weighted by molar-refractivity contribution is -0.126. The van der Waals surface area contributed by atoms with Crippen LogP contribution in [0.1, 0.15) is 39.2 Å². The quantitative estimate of drug-likeness (QED) is 0.752. The Morgan fingerprint density at radius 3 is 2.45 bits per heavy atom. The summed E-state index contributed by atoms with van der Waals surface area (Å²) in [6, 6.07) is 7.85. The van der Waals surface area contributed by atoms with Crippen molar-refractivity contribution in [2.24, 2.45) is 0 Å². The highest BCUT2D eigenvalue weighted by molar-refractivity contribution is 5.81. The Kier molecular flexibility index (Phi) is 6.52. The van der Waals surface area contributed by atoms with E-state index in [-0.39, 0.29) is 18.0 Å². The summed E-state index contributed by atoms with van der Waals surface area (Å²) in [7, 11) is 1.96. The first-order chi connectivity index (χ1) is 9.43. The number of nitrogens with two attached hydrogens (primary N) is 1. The van der Waals surface area contributed by atoms with Gasteiger partial charge in [0.2, 0.25) is 5.91 Å². The molecule has 0 aliphatic rings. The SMILES string of the molecule is CCCC(C)NC(=O)C(C)N(C)Cc1ccc(N)cc1. The van der Waals surface area contributed by atoms with Gasteiger partial charge in [0, 0.05) is 18.3 Å². The van der Waals surface area contributed by atoms with Gasteiger partial charge in [-0.15, -0.1) is 0 Å². The van der Waals surface area contributed by atoms with Gasteiger partial charge in [-0.1, -0.05) is 25.5 Å². The van der Waals surface area contributed by atoms with Crippen molar-refractivity contribution in [3.05, 3.63) is 29.8 Å². The summed E-state index contributed by atoms with van der Waals surface area (Å²) >= 11 is 0. The van der Waals surface area contributed by atoms with Gasteiger partial charge < -0.3 is 11.1 Å². The number of nitrogens with zero attached hydrogens (tertiary/aromatic N) is 1. The molecule has 0 spiro atoms. The second-order valence-corrected chi connectivity index (χ2v) is 5.53. The zero-order chi connectivity index (χ0) is 15.1. The van der Waals surface area contributed by atoms with Gasteiger partial charge in [-0.05, 0) is 45.0 Å². The van der Waals surface area contributed by atoms with Gasteiger partial charge in [-0.2, -0.15) is 0 Å². The number of hydrogen-bond donors (Lipinski definition) is 2. The number of likely N-dealkylation sites (N-methyl/N-ethyl adjacent to an activating group) is 1. The zero-order valence-corrected chi connectivity index (χ0v) is 13.0. The number of carbonyl (C=O) groups is 1. The number of carbonyl (C=O) groups excluding carboxylic acids is 1. The molecule has 0 bridgehead atoms. The van der Waals surface area contributed by atoms with Crippen LogP contribution in [0.25, 0.3) is 0 Å². The summed E-state index contributed by atoms with van der Waals surface area (Å²) in [4.78, 5) is 14.2.